The Labute approximate surface area is 152 Å². The zero-order valence-electron chi connectivity index (χ0n) is 15.1. The van der Waals surface area contributed by atoms with E-state index in [1.54, 1.807) is 13.3 Å². The van der Waals surface area contributed by atoms with Crippen LogP contribution in [0.4, 0.5) is 0 Å². The summed E-state index contributed by atoms with van der Waals surface area (Å²) in [6.45, 7) is 2.68. The van der Waals surface area contributed by atoms with Crippen LogP contribution < -0.4 is 4.74 Å². The second-order valence-corrected chi connectivity index (χ2v) is 6.64. The SMILES string of the molecule is COc1ccccc1C(=O)N1CCCC[C@@H]1c1ccnc2cc(C)nn12. The summed E-state index contributed by atoms with van der Waals surface area (Å²) in [5, 5.41) is 4.58. The number of nitrogens with zero attached hydrogens (tertiary/aromatic N) is 4. The highest BCUT2D eigenvalue weighted by Crippen LogP contribution is 2.33. The van der Waals surface area contributed by atoms with Crippen molar-refractivity contribution in [1.82, 2.24) is 19.5 Å². The lowest BCUT2D eigenvalue weighted by molar-refractivity contribution is 0.0600. The number of carbonyl (C=O) groups excluding carboxylic acids is 1. The van der Waals surface area contributed by atoms with E-state index in [1.807, 2.05) is 52.7 Å². The first-order valence-corrected chi connectivity index (χ1v) is 8.94. The van der Waals surface area contributed by atoms with E-state index < -0.39 is 0 Å². The Morgan fingerprint density at radius 2 is 2.08 bits per heavy atom. The normalized spacial score (nSPS) is 17.5. The van der Waals surface area contributed by atoms with Crippen molar-refractivity contribution >= 4 is 11.6 Å². The van der Waals surface area contributed by atoms with Gasteiger partial charge in [0.2, 0.25) is 0 Å². The molecule has 0 N–H and O–H groups in total. The van der Waals surface area contributed by atoms with Crippen LogP contribution in [0.2, 0.25) is 0 Å². The molecule has 2 aromatic heterocycles. The summed E-state index contributed by atoms with van der Waals surface area (Å²) in [7, 11) is 1.60. The van der Waals surface area contributed by atoms with Gasteiger partial charge in [0.25, 0.3) is 5.91 Å². The quantitative estimate of drug-likeness (QED) is 0.726. The number of aryl methyl sites for hydroxylation is 1. The first-order chi connectivity index (χ1) is 12.7. The molecule has 3 aromatic rings. The van der Waals surface area contributed by atoms with Gasteiger partial charge in [-0.1, -0.05) is 12.1 Å². The van der Waals surface area contributed by atoms with Gasteiger partial charge in [-0.2, -0.15) is 5.10 Å². The maximum absolute atomic E-state index is 13.3. The van der Waals surface area contributed by atoms with Crippen molar-refractivity contribution in [3.05, 3.63) is 59.5 Å². The van der Waals surface area contributed by atoms with E-state index in [4.69, 9.17) is 4.74 Å². The fourth-order valence-electron chi connectivity index (χ4n) is 3.74. The van der Waals surface area contributed by atoms with Gasteiger partial charge in [-0.15, -0.1) is 0 Å². The van der Waals surface area contributed by atoms with Crippen molar-refractivity contribution in [3.63, 3.8) is 0 Å². The second kappa shape index (κ2) is 6.78. The molecule has 134 valence electrons. The van der Waals surface area contributed by atoms with Gasteiger partial charge in [0.05, 0.1) is 30.1 Å². The molecule has 0 spiro atoms. The van der Waals surface area contributed by atoms with Crippen LogP contribution in [0, 0.1) is 6.92 Å². The van der Waals surface area contributed by atoms with Crippen LogP contribution in [-0.2, 0) is 0 Å². The molecule has 0 radical (unpaired) electrons. The third-order valence-electron chi connectivity index (χ3n) is 4.95. The first kappa shape index (κ1) is 16.6. The Kier molecular flexibility index (Phi) is 4.32. The molecule has 1 aromatic carbocycles. The van der Waals surface area contributed by atoms with E-state index in [0.717, 1.165) is 42.8 Å². The number of fused-ring (bicyclic) bond motifs is 1. The number of aromatic nitrogens is 3. The summed E-state index contributed by atoms with van der Waals surface area (Å²) >= 11 is 0. The number of rotatable bonds is 3. The third kappa shape index (κ3) is 2.81. The van der Waals surface area contributed by atoms with Crippen LogP contribution in [0.25, 0.3) is 5.65 Å². The minimum Gasteiger partial charge on any atom is -0.496 e. The van der Waals surface area contributed by atoms with E-state index in [-0.39, 0.29) is 11.9 Å². The molecule has 1 amide bonds. The lowest BCUT2D eigenvalue weighted by Gasteiger charge is -2.36. The van der Waals surface area contributed by atoms with Gasteiger partial charge in [-0.3, -0.25) is 4.79 Å². The van der Waals surface area contributed by atoms with Crippen LogP contribution >= 0.6 is 0 Å². The molecule has 1 fully saturated rings. The summed E-state index contributed by atoms with van der Waals surface area (Å²) < 4.78 is 7.27. The smallest absolute Gasteiger partial charge is 0.258 e. The maximum Gasteiger partial charge on any atom is 0.258 e. The Morgan fingerprint density at radius 1 is 1.23 bits per heavy atom. The van der Waals surface area contributed by atoms with E-state index >= 15 is 0 Å². The largest absolute Gasteiger partial charge is 0.496 e. The number of amides is 1. The highest BCUT2D eigenvalue weighted by atomic mass is 16.5. The molecule has 4 rings (SSSR count). The lowest BCUT2D eigenvalue weighted by Crippen LogP contribution is -2.39. The second-order valence-electron chi connectivity index (χ2n) is 6.64. The summed E-state index contributed by atoms with van der Waals surface area (Å²) in [6.07, 6.45) is 4.80. The maximum atomic E-state index is 13.3. The van der Waals surface area contributed by atoms with Crippen molar-refractivity contribution in [2.24, 2.45) is 0 Å². The highest BCUT2D eigenvalue weighted by molar-refractivity contribution is 5.97. The number of methoxy groups -OCH3 is 1. The van der Waals surface area contributed by atoms with Crippen molar-refractivity contribution in [2.45, 2.75) is 32.2 Å². The molecule has 3 heterocycles. The first-order valence-electron chi connectivity index (χ1n) is 8.94. The summed E-state index contributed by atoms with van der Waals surface area (Å²) in [5.74, 6) is 0.609. The van der Waals surface area contributed by atoms with Crippen molar-refractivity contribution < 1.29 is 9.53 Å². The topological polar surface area (TPSA) is 59.7 Å². The minimum absolute atomic E-state index is 0.000917. The molecule has 1 saturated heterocycles. The van der Waals surface area contributed by atoms with Gasteiger partial charge in [0.1, 0.15) is 5.75 Å². The van der Waals surface area contributed by atoms with Gasteiger partial charge in [-0.05, 0) is 44.4 Å². The number of para-hydroxylation sites is 1. The number of likely N-dealkylation sites (tertiary alicyclic amines) is 1. The van der Waals surface area contributed by atoms with Gasteiger partial charge in [-0.25, -0.2) is 9.50 Å². The van der Waals surface area contributed by atoms with E-state index in [1.165, 1.54) is 0 Å². The van der Waals surface area contributed by atoms with Crippen LogP contribution in [0.1, 0.15) is 47.1 Å². The molecule has 0 bridgehead atoms. The Bertz CT molecular complexity index is 950. The summed E-state index contributed by atoms with van der Waals surface area (Å²) in [6, 6.07) is 11.3. The molecular weight excluding hydrogens is 328 g/mol. The molecule has 1 aliphatic rings. The molecule has 1 aliphatic heterocycles. The van der Waals surface area contributed by atoms with Crippen LogP contribution in [-0.4, -0.2) is 39.1 Å². The predicted octanol–water partition coefficient (Wildman–Crippen LogP) is 3.41. The van der Waals surface area contributed by atoms with Crippen molar-refractivity contribution in [1.29, 1.82) is 0 Å². The van der Waals surface area contributed by atoms with E-state index in [0.29, 0.717) is 11.3 Å². The van der Waals surface area contributed by atoms with Crippen molar-refractivity contribution in [2.75, 3.05) is 13.7 Å². The molecular formula is C20H22N4O2. The Balaban J connectivity index is 1.76. The average molecular weight is 350 g/mol. The molecule has 0 saturated carbocycles. The van der Waals surface area contributed by atoms with E-state index in [2.05, 4.69) is 10.1 Å². The Hall–Kier alpha value is -2.89. The number of piperidine rings is 1. The molecule has 1 atom stereocenters. The van der Waals surface area contributed by atoms with E-state index in [9.17, 15) is 4.79 Å². The minimum atomic E-state index is -0.0223. The standard InChI is InChI=1S/C20H22N4O2/c1-14-13-19-21-11-10-17(24(19)22-14)16-8-5-6-12-23(16)20(25)15-7-3-4-9-18(15)26-2/h3-4,7,9-11,13,16H,5-6,8,12H2,1-2H3/t16-/m1/s1. The monoisotopic (exact) mass is 350 g/mol. The van der Waals surface area contributed by atoms with Gasteiger partial charge in [0.15, 0.2) is 5.65 Å². The predicted molar refractivity (Wildman–Crippen MR) is 98.3 cm³/mol. The number of hydrogen-bond donors (Lipinski definition) is 0. The Morgan fingerprint density at radius 3 is 2.92 bits per heavy atom. The summed E-state index contributed by atoms with van der Waals surface area (Å²) in [4.78, 5) is 19.6. The van der Waals surface area contributed by atoms with Crippen LogP contribution in [0.3, 0.4) is 0 Å². The highest BCUT2D eigenvalue weighted by Gasteiger charge is 2.31. The zero-order chi connectivity index (χ0) is 18.1. The van der Waals surface area contributed by atoms with Gasteiger partial charge in [0, 0.05) is 18.8 Å². The van der Waals surface area contributed by atoms with Gasteiger partial charge < -0.3 is 9.64 Å². The van der Waals surface area contributed by atoms with Crippen LogP contribution in [0.5, 0.6) is 5.75 Å². The van der Waals surface area contributed by atoms with Crippen LogP contribution in [0.15, 0.2) is 42.6 Å². The number of ether oxygens (including phenoxy) is 1. The molecule has 6 nitrogen and oxygen atoms in total. The zero-order valence-corrected chi connectivity index (χ0v) is 15.1. The molecule has 26 heavy (non-hydrogen) atoms. The third-order valence-corrected chi connectivity index (χ3v) is 4.95. The molecule has 6 heteroatoms. The fraction of sp³-hybridized carbons (Fsp3) is 0.350. The number of hydrogen-bond acceptors (Lipinski definition) is 4. The average Bonchev–Trinajstić information content (AvgIpc) is 3.07. The molecule has 0 unspecified atom stereocenters. The summed E-state index contributed by atoms with van der Waals surface area (Å²) in [5.41, 5.74) is 3.34. The lowest BCUT2D eigenvalue weighted by atomic mass is 9.97. The fourth-order valence-corrected chi connectivity index (χ4v) is 3.74. The number of carbonyl (C=O) groups is 1. The van der Waals surface area contributed by atoms with Gasteiger partial charge >= 0.3 is 0 Å². The number of benzene rings is 1. The van der Waals surface area contributed by atoms with Crippen molar-refractivity contribution in [3.8, 4) is 5.75 Å². The molecule has 0 aliphatic carbocycles.